The second-order valence-corrected chi connectivity index (χ2v) is 3.19. The van der Waals surface area contributed by atoms with E-state index in [9.17, 15) is 0 Å². The summed E-state index contributed by atoms with van der Waals surface area (Å²) in [6.07, 6.45) is 5.89. The maximum Gasteiger partial charge on any atom is -0.0414 e. The van der Waals surface area contributed by atoms with Crippen molar-refractivity contribution in [3.05, 3.63) is 0 Å². The zero-order chi connectivity index (χ0) is 5.98. The third kappa shape index (κ3) is 1.24. The van der Waals surface area contributed by atoms with Crippen molar-refractivity contribution in [2.24, 2.45) is 11.8 Å². The van der Waals surface area contributed by atoms with Gasteiger partial charge in [-0.2, -0.15) is 0 Å². The van der Waals surface area contributed by atoms with E-state index in [2.05, 4.69) is 13.8 Å². The lowest BCUT2D eigenvalue weighted by molar-refractivity contribution is 0.501. The fraction of sp³-hybridized carbons (Fsp3) is 1.00. The van der Waals surface area contributed by atoms with Crippen molar-refractivity contribution in [1.29, 1.82) is 0 Å². The van der Waals surface area contributed by atoms with Crippen LogP contribution in [0.25, 0.3) is 0 Å². The van der Waals surface area contributed by atoms with Gasteiger partial charge in [-0.15, -0.1) is 0 Å². The van der Waals surface area contributed by atoms with E-state index in [-0.39, 0.29) is 0 Å². The van der Waals surface area contributed by atoms with Crippen molar-refractivity contribution < 1.29 is 0 Å². The molecule has 0 aliphatic heterocycles. The molecule has 1 saturated carbocycles. The van der Waals surface area contributed by atoms with Crippen LogP contribution in [0.3, 0.4) is 0 Å². The molecule has 1 fully saturated rings. The van der Waals surface area contributed by atoms with Crippen LogP contribution in [0, 0.1) is 11.8 Å². The minimum atomic E-state index is 1.03. The quantitative estimate of drug-likeness (QED) is 0.489. The smallest absolute Gasteiger partial charge is 0.0414 e. The molecule has 0 spiro atoms. The average molecular weight is 112 g/mol. The van der Waals surface area contributed by atoms with Crippen LogP contribution in [-0.4, -0.2) is 0 Å². The van der Waals surface area contributed by atoms with E-state index < -0.39 is 0 Å². The van der Waals surface area contributed by atoms with Crippen LogP contribution in [0.4, 0.5) is 0 Å². The number of rotatable bonds is 1. The molecule has 0 heterocycles. The molecule has 0 aromatic heterocycles. The normalized spacial score (nSPS) is 38.2. The summed E-state index contributed by atoms with van der Waals surface area (Å²) in [5, 5.41) is 0. The van der Waals surface area contributed by atoms with Crippen molar-refractivity contribution in [1.82, 2.24) is 0 Å². The fourth-order valence-electron chi connectivity index (χ4n) is 1.70. The summed E-state index contributed by atoms with van der Waals surface area (Å²) in [7, 11) is 0. The molecule has 8 heavy (non-hydrogen) atoms. The largest absolute Gasteiger partial charge is 0.0651 e. The van der Waals surface area contributed by atoms with Crippen LogP contribution in [0.1, 0.15) is 39.5 Å². The molecule has 48 valence electrons. The standard InChI is InChI=1S/C8H16/c1-3-8-5-4-7(2)6-8/h7-8H,3-6H2,1-2H3/t7-,8?/m1/s1. The van der Waals surface area contributed by atoms with Gasteiger partial charge in [0, 0.05) is 0 Å². The molecule has 0 N–H and O–H groups in total. The average Bonchev–Trinajstić information content (AvgIpc) is 2.14. The van der Waals surface area contributed by atoms with Crippen molar-refractivity contribution in [3.8, 4) is 0 Å². The molecule has 0 nitrogen and oxygen atoms in total. The molecular weight excluding hydrogens is 96.1 g/mol. The fourth-order valence-corrected chi connectivity index (χ4v) is 1.70. The summed E-state index contributed by atoms with van der Waals surface area (Å²) in [4.78, 5) is 0. The summed E-state index contributed by atoms with van der Waals surface area (Å²) in [6.45, 7) is 4.68. The van der Waals surface area contributed by atoms with Crippen LogP contribution < -0.4 is 0 Å². The number of hydrogen-bond acceptors (Lipinski definition) is 0. The Morgan fingerprint density at radius 2 is 2.12 bits per heavy atom. The second kappa shape index (κ2) is 2.52. The van der Waals surface area contributed by atoms with Crippen molar-refractivity contribution in [2.75, 3.05) is 0 Å². The van der Waals surface area contributed by atoms with E-state index in [1.54, 1.807) is 0 Å². The first kappa shape index (κ1) is 6.12. The summed E-state index contributed by atoms with van der Waals surface area (Å²) >= 11 is 0. The molecule has 0 aromatic carbocycles. The van der Waals surface area contributed by atoms with E-state index in [0.717, 1.165) is 11.8 Å². The highest BCUT2D eigenvalue weighted by Crippen LogP contribution is 2.31. The third-order valence-electron chi connectivity index (χ3n) is 2.38. The van der Waals surface area contributed by atoms with Crippen LogP contribution >= 0.6 is 0 Å². The molecular formula is C8H16. The molecule has 0 amide bonds. The van der Waals surface area contributed by atoms with Crippen LogP contribution in [0.2, 0.25) is 0 Å². The van der Waals surface area contributed by atoms with Gasteiger partial charge in [0.15, 0.2) is 0 Å². The topological polar surface area (TPSA) is 0 Å². The van der Waals surface area contributed by atoms with E-state index >= 15 is 0 Å². The lowest BCUT2D eigenvalue weighted by atomic mass is 10.0. The van der Waals surface area contributed by atoms with Crippen molar-refractivity contribution in [2.45, 2.75) is 39.5 Å². The van der Waals surface area contributed by atoms with Gasteiger partial charge >= 0.3 is 0 Å². The summed E-state index contributed by atoms with van der Waals surface area (Å²) in [5.74, 6) is 2.10. The summed E-state index contributed by atoms with van der Waals surface area (Å²) in [5.41, 5.74) is 0. The van der Waals surface area contributed by atoms with Crippen LogP contribution in [0.15, 0.2) is 0 Å². The van der Waals surface area contributed by atoms with Gasteiger partial charge in [-0.1, -0.05) is 33.1 Å². The zero-order valence-electron chi connectivity index (χ0n) is 5.98. The Labute approximate surface area is 52.3 Å². The second-order valence-electron chi connectivity index (χ2n) is 3.19. The van der Waals surface area contributed by atoms with Crippen molar-refractivity contribution in [3.63, 3.8) is 0 Å². The molecule has 0 aromatic rings. The molecule has 1 unspecified atom stereocenters. The van der Waals surface area contributed by atoms with E-state index in [4.69, 9.17) is 0 Å². The van der Waals surface area contributed by atoms with Gasteiger partial charge in [-0.25, -0.2) is 0 Å². The minimum Gasteiger partial charge on any atom is -0.0651 e. The van der Waals surface area contributed by atoms with Crippen molar-refractivity contribution >= 4 is 0 Å². The Morgan fingerprint density at radius 1 is 1.38 bits per heavy atom. The zero-order valence-corrected chi connectivity index (χ0v) is 5.98. The third-order valence-corrected chi connectivity index (χ3v) is 2.38. The number of hydrogen-bond donors (Lipinski definition) is 0. The Bertz CT molecular complexity index is 66.4. The van der Waals surface area contributed by atoms with Gasteiger partial charge in [-0.05, 0) is 18.3 Å². The maximum atomic E-state index is 2.37. The van der Waals surface area contributed by atoms with Gasteiger partial charge in [0.25, 0.3) is 0 Å². The Balaban J connectivity index is 2.22. The first-order valence-electron chi connectivity index (χ1n) is 3.83. The predicted octanol–water partition coefficient (Wildman–Crippen LogP) is 2.83. The van der Waals surface area contributed by atoms with E-state index in [1.807, 2.05) is 0 Å². The Morgan fingerprint density at radius 3 is 2.38 bits per heavy atom. The van der Waals surface area contributed by atoms with Crippen LogP contribution in [0.5, 0.6) is 0 Å². The van der Waals surface area contributed by atoms with Gasteiger partial charge in [0.05, 0.1) is 0 Å². The van der Waals surface area contributed by atoms with E-state index in [1.165, 1.54) is 25.7 Å². The highest BCUT2D eigenvalue weighted by molar-refractivity contribution is 4.70. The SMILES string of the molecule is CCC1CC[C@@H](C)C1. The van der Waals surface area contributed by atoms with Gasteiger partial charge in [-0.3, -0.25) is 0 Å². The minimum absolute atomic E-state index is 1.03. The maximum absolute atomic E-state index is 2.37. The molecule has 0 heteroatoms. The highest BCUT2D eigenvalue weighted by atomic mass is 14.2. The molecule has 0 saturated heterocycles. The Hall–Kier alpha value is 0. The molecule has 1 aliphatic carbocycles. The highest BCUT2D eigenvalue weighted by Gasteiger charge is 2.18. The Kier molecular flexibility index (Phi) is 1.93. The summed E-state index contributed by atoms with van der Waals surface area (Å²) in [6, 6.07) is 0. The summed E-state index contributed by atoms with van der Waals surface area (Å²) < 4.78 is 0. The van der Waals surface area contributed by atoms with Gasteiger partial charge < -0.3 is 0 Å². The van der Waals surface area contributed by atoms with E-state index in [0.29, 0.717) is 0 Å². The predicted molar refractivity (Wildman–Crippen MR) is 36.8 cm³/mol. The first-order valence-corrected chi connectivity index (χ1v) is 3.83. The first-order chi connectivity index (χ1) is 3.83. The molecule has 1 rings (SSSR count). The molecule has 1 aliphatic rings. The van der Waals surface area contributed by atoms with Gasteiger partial charge in [0.1, 0.15) is 0 Å². The van der Waals surface area contributed by atoms with Crippen LogP contribution in [-0.2, 0) is 0 Å². The molecule has 0 bridgehead atoms. The monoisotopic (exact) mass is 112 g/mol. The molecule has 2 atom stereocenters. The lowest BCUT2D eigenvalue weighted by Crippen LogP contribution is -1.89. The molecule has 0 radical (unpaired) electrons. The lowest BCUT2D eigenvalue weighted by Gasteiger charge is -2.02. The van der Waals surface area contributed by atoms with Gasteiger partial charge in [0.2, 0.25) is 0 Å².